The molecule has 0 saturated carbocycles. The molecule has 0 spiro atoms. The minimum absolute atomic E-state index is 0. The van der Waals surface area contributed by atoms with Crippen molar-refractivity contribution in [1.29, 1.82) is 10.8 Å². The highest BCUT2D eigenvalue weighted by molar-refractivity contribution is 5.85. The monoisotopic (exact) mass is 300 g/mol. The fourth-order valence-electron chi connectivity index (χ4n) is 0.840. The van der Waals surface area contributed by atoms with Gasteiger partial charge in [0.15, 0.2) is 11.1 Å². The van der Waals surface area contributed by atoms with Crippen molar-refractivity contribution in [3.8, 4) is 0 Å². The summed E-state index contributed by atoms with van der Waals surface area (Å²) in [6.45, 7) is 6.87. The van der Waals surface area contributed by atoms with E-state index in [9.17, 15) is 0 Å². The van der Waals surface area contributed by atoms with E-state index in [1.54, 1.807) is 27.7 Å². The molecule has 0 bridgehead atoms. The molecule has 0 aromatic heterocycles. The average molecular weight is 301 g/mol. The second-order valence-electron chi connectivity index (χ2n) is 4.38. The molecule has 0 aromatic carbocycles. The van der Waals surface area contributed by atoms with Crippen LogP contribution in [0, 0.1) is 10.8 Å². The molecule has 0 rings (SSSR count). The SMILES string of the molecule is COC(=N)C(C)(C)N=NC(C)(C)C(=N)OC.Cl.Cl. The van der Waals surface area contributed by atoms with E-state index in [1.807, 2.05) is 0 Å². The summed E-state index contributed by atoms with van der Waals surface area (Å²) in [6, 6.07) is 0. The first-order valence-electron chi connectivity index (χ1n) is 4.87. The number of hydrogen-bond acceptors (Lipinski definition) is 6. The third-order valence-corrected chi connectivity index (χ3v) is 2.07. The van der Waals surface area contributed by atoms with Crippen molar-refractivity contribution in [2.45, 2.75) is 38.8 Å². The molecular formula is C10H22Cl2N4O2. The van der Waals surface area contributed by atoms with Crippen LogP contribution >= 0.6 is 24.8 Å². The highest BCUT2D eigenvalue weighted by Gasteiger charge is 2.29. The Morgan fingerprint density at radius 2 is 1.00 bits per heavy atom. The van der Waals surface area contributed by atoms with E-state index >= 15 is 0 Å². The zero-order chi connectivity index (χ0) is 13.0. The van der Waals surface area contributed by atoms with E-state index in [4.69, 9.17) is 20.3 Å². The predicted molar refractivity (Wildman–Crippen MR) is 77.0 cm³/mol. The van der Waals surface area contributed by atoms with Gasteiger partial charge in [0.05, 0.1) is 14.2 Å². The lowest BCUT2D eigenvalue weighted by molar-refractivity contribution is 0.337. The topological polar surface area (TPSA) is 90.9 Å². The quantitative estimate of drug-likeness (QED) is 0.474. The fourth-order valence-corrected chi connectivity index (χ4v) is 0.840. The molecule has 0 aliphatic carbocycles. The number of nitrogens with zero attached hydrogens (tertiary/aromatic N) is 2. The first-order valence-corrected chi connectivity index (χ1v) is 4.87. The van der Waals surface area contributed by atoms with Gasteiger partial charge >= 0.3 is 0 Å². The summed E-state index contributed by atoms with van der Waals surface area (Å²) in [5, 5.41) is 23.1. The minimum Gasteiger partial charge on any atom is -0.483 e. The van der Waals surface area contributed by atoms with Crippen LogP contribution < -0.4 is 0 Å². The Labute approximate surface area is 120 Å². The van der Waals surface area contributed by atoms with Crippen molar-refractivity contribution in [1.82, 2.24) is 0 Å². The van der Waals surface area contributed by atoms with Gasteiger partial charge in [0, 0.05) is 0 Å². The highest BCUT2D eigenvalue weighted by atomic mass is 35.5. The van der Waals surface area contributed by atoms with E-state index in [1.165, 1.54) is 14.2 Å². The molecule has 0 saturated heterocycles. The Balaban J connectivity index is -0.00000112. The lowest BCUT2D eigenvalue weighted by Crippen LogP contribution is -2.33. The highest BCUT2D eigenvalue weighted by Crippen LogP contribution is 2.18. The maximum atomic E-state index is 7.54. The Kier molecular flexibility index (Phi) is 10.2. The van der Waals surface area contributed by atoms with Crippen LogP contribution in [0.4, 0.5) is 0 Å². The van der Waals surface area contributed by atoms with Gasteiger partial charge in [-0.3, -0.25) is 10.8 Å². The predicted octanol–water partition coefficient (Wildman–Crippen LogP) is 3.09. The van der Waals surface area contributed by atoms with Crippen molar-refractivity contribution in [2.24, 2.45) is 10.2 Å². The lowest BCUT2D eigenvalue weighted by Gasteiger charge is -2.22. The second kappa shape index (κ2) is 8.26. The maximum Gasteiger partial charge on any atom is 0.210 e. The van der Waals surface area contributed by atoms with Crippen molar-refractivity contribution >= 4 is 36.6 Å². The number of rotatable bonds is 4. The molecule has 0 fully saturated rings. The molecule has 0 aliphatic heterocycles. The van der Waals surface area contributed by atoms with Gasteiger partial charge in [-0.2, -0.15) is 10.2 Å². The molecule has 6 nitrogen and oxygen atoms in total. The normalized spacial score (nSPS) is 11.2. The van der Waals surface area contributed by atoms with E-state index in [-0.39, 0.29) is 36.6 Å². The number of ether oxygens (including phenoxy) is 2. The van der Waals surface area contributed by atoms with Gasteiger partial charge in [-0.05, 0) is 27.7 Å². The molecule has 0 amide bonds. The van der Waals surface area contributed by atoms with Gasteiger partial charge in [0.2, 0.25) is 11.8 Å². The minimum atomic E-state index is -0.833. The average Bonchev–Trinajstić information content (AvgIpc) is 2.24. The van der Waals surface area contributed by atoms with E-state index in [0.29, 0.717) is 0 Å². The molecule has 0 unspecified atom stereocenters. The van der Waals surface area contributed by atoms with Crippen LogP contribution in [0.5, 0.6) is 0 Å². The molecule has 2 N–H and O–H groups in total. The van der Waals surface area contributed by atoms with Crippen LogP contribution in [-0.2, 0) is 9.47 Å². The summed E-state index contributed by atoms with van der Waals surface area (Å²) >= 11 is 0. The fraction of sp³-hybridized carbons (Fsp3) is 0.800. The summed E-state index contributed by atoms with van der Waals surface area (Å²) in [5.41, 5.74) is -1.67. The van der Waals surface area contributed by atoms with Gasteiger partial charge in [-0.15, -0.1) is 24.8 Å². The van der Waals surface area contributed by atoms with Crippen LogP contribution in [0.1, 0.15) is 27.7 Å². The van der Waals surface area contributed by atoms with E-state index in [0.717, 1.165) is 0 Å². The number of hydrogen-bond donors (Lipinski definition) is 2. The summed E-state index contributed by atoms with van der Waals surface area (Å²) in [6.07, 6.45) is 0. The summed E-state index contributed by atoms with van der Waals surface area (Å²) in [5.74, 6) is 0.0481. The second-order valence-corrected chi connectivity index (χ2v) is 4.38. The van der Waals surface area contributed by atoms with Crippen LogP contribution in [-0.4, -0.2) is 37.1 Å². The van der Waals surface area contributed by atoms with Crippen molar-refractivity contribution in [2.75, 3.05) is 14.2 Å². The Morgan fingerprint density at radius 3 is 1.17 bits per heavy atom. The summed E-state index contributed by atoms with van der Waals surface area (Å²) in [4.78, 5) is 0. The Bertz CT molecular complexity index is 287. The van der Waals surface area contributed by atoms with E-state index in [2.05, 4.69) is 10.2 Å². The standard InChI is InChI=1S/C10H20N4O2.2ClH/c1-9(2,7(11)15-5)13-14-10(3,4)8(12)16-6;;/h11-12H,1-6H3;2*1H. The molecule has 0 radical (unpaired) electrons. The molecule has 18 heavy (non-hydrogen) atoms. The lowest BCUT2D eigenvalue weighted by atomic mass is 10.1. The molecule has 8 heteroatoms. The van der Waals surface area contributed by atoms with Crippen molar-refractivity contribution < 1.29 is 9.47 Å². The number of halogens is 2. The number of nitrogens with one attached hydrogen (secondary N) is 2. The van der Waals surface area contributed by atoms with E-state index < -0.39 is 11.1 Å². The van der Waals surface area contributed by atoms with Crippen LogP contribution in [0.2, 0.25) is 0 Å². The zero-order valence-electron chi connectivity index (χ0n) is 11.5. The Morgan fingerprint density at radius 1 is 0.778 bits per heavy atom. The van der Waals surface area contributed by atoms with Gasteiger partial charge in [0.25, 0.3) is 0 Å². The largest absolute Gasteiger partial charge is 0.483 e. The number of methoxy groups -OCH3 is 2. The van der Waals surface area contributed by atoms with Crippen LogP contribution in [0.15, 0.2) is 10.2 Å². The van der Waals surface area contributed by atoms with Gasteiger partial charge in [-0.25, -0.2) is 0 Å². The third-order valence-electron chi connectivity index (χ3n) is 2.07. The third kappa shape index (κ3) is 6.16. The smallest absolute Gasteiger partial charge is 0.210 e. The molecule has 0 heterocycles. The molecule has 0 aliphatic rings. The van der Waals surface area contributed by atoms with Gasteiger partial charge < -0.3 is 9.47 Å². The summed E-state index contributed by atoms with van der Waals surface area (Å²) in [7, 11) is 2.84. The molecule has 0 atom stereocenters. The van der Waals surface area contributed by atoms with Crippen LogP contribution in [0.25, 0.3) is 0 Å². The van der Waals surface area contributed by atoms with Crippen molar-refractivity contribution in [3.63, 3.8) is 0 Å². The maximum absolute atomic E-state index is 7.54. The summed E-state index contributed by atoms with van der Waals surface area (Å²) < 4.78 is 9.62. The molecule has 108 valence electrons. The van der Waals surface area contributed by atoms with Crippen LogP contribution in [0.3, 0.4) is 0 Å². The molecular weight excluding hydrogens is 279 g/mol. The zero-order valence-corrected chi connectivity index (χ0v) is 13.2. The number of azo groups is 1. The first kappa shape index (κ1) is 22.3. The van der Waals surface area contributed by atoms with Gasteiger partial charge in [-0.1, -0.05) is 0 Å². The molecule has 0 aromatic rings. The Hall–Kier alpha value is -0.880. The van der Waals surface area contributed by atoms with Crippen molar-refractivity contribution in [3.05, 3.63) is 0 Å². The first-order chi connectivity index (χ1) is 7.17. The van der Waals surface area contributed by atoms with Gasteiger partial charge in [0.1, 0.15) is 0 Å².